The molecule has 0 radical (unpaired) electrons. The van der Waals surface area contributed by atoms with Crippen molar-refractivity contribution in [2.75, 3.05) is 7.11 Å². The third kappa shape index (κ3) is 1.50. The van der Waals surface area contributed by atoms with Crippen molar-refractivity contribution in [2.45, 2.75) is 0 Å². The molecule has 1 aliphatic rings. The molecule has 0 saturated heterocycles. The van der Waals surface area contributed by atoms with Crippen molar-refractivity contribution >= 4 is 22.6 Å². The Morgan fingerprint density at radius 3 is 2.57 bits per heavy atom. The van der Waals surface area contributed by atoms with Crippen LogP contribution in [0.1, 0.15) is 26.4 Å². The summed E-state index contributed by atoms with van der Waals surface area (Å²) in [5, 5.41) is 0.883. The number of methoxy groups -OCH3 is 1. The van der Waals surface area contributed by atoms with Gasteiger partial charge < -0.3 is 4.74 Å². The third-order valence-electron chi connectivity index (χ3n) is 3.85. The quantitative estimate of drug-likeness (QED) is 0.537. The van der Waals surface area contributed by atoms with Gasteiger partial charge in [-0.05, 0) is 30.3 Å². The van der Waals surface area contributed by atoms with Crippen LogP contribution in [0.3, 0.4) is 0 Å². The summed E-state index contributed by atoms with van der Waals surface area (Å²) in [4.78, 5) is 25.4. The fourth-order valence-corrected chi connectivity index (χ4v) is 2.82. The molecule has 21 heavy (non-hydrogen) atoms. The molecule has 0 saturated carbocycles. The summed E-state index contributed by atoms with van der Waals surface area (Å²) in [5.74, 6) is 0.239. The van der Waals surface area contributed by atoms with Gasteiger partial charge in [-0.15, -0.1) is 0 Å². The lowest BCUT2D eigenvalue weighted by Crippen LogP contribution is -2.26. The van der Waals surface area contributed by atoms with Crippen LogP contribution in [0, 0.1) is 0 Å². The average molecular weight is 277 g/mol. The van der Waals surface area contributed by atoms with E-state index >= 15 is 0 Å². The number of nitrogens with zero attached hydrogens (tertiary/aromatic N) is 1. The molecule has 102 valence electrons. The van der Waals surface area contributed by atoms with Gasteiger partial charge in [0.25, 0.3) is 5.91 Å². The summed E-state index contributed by atoms with van der Waals surface area (Å²) >= 11 is 0. The molecule has 0 unspecified atom stereocenters. The Hall–Kier alpha value is -2.88. The van der Waals surface area contributed by atoms with Crippen LogP contribution in [0.15, 0.2) is 48.5 Å². The highest BCUT2D eigenvalue weighted by Gasteiger charge is 2.31. The van der Waals surface area contributed by atoms with Crippen LogP contribution in [0.25, 0.3) is 10.9 Å². The lowest BCUT2D eigenvalue weighted by Gasteiger charge is -2.18. The van der Waals surface area contributed by atoms with Gasteiger partial charge in [0.05, 0.1) is 23.9 Å². The molecule has 4 heteroatoms. The van der Waals surface area contributed by atoms with Crippen LogP contribution < -0.4 is 4.74 Å². The fourth-order valence-electron chi connectivity index (χ4n) is 2.82. The van der Waals surface area contributed by atoms with E-state index in [4.69, 9.17) is 4.74 Å². The van der Waals surface area contributed by atoms with E-state index in [-0.39, 0.29) is 11.7 Å². The summed E-state index contributed by atoms with van der Waals surface area (Å²) in [6, 6.07) is 14.2. The zero-order valence-corrected chi connectivity index (χ0v) is 11.3. The van der Waals surface area contributed by atoms with Crippen LogP contribution in [0.4, 0.5) is 0 Å². The van der Waals surface area contributed by atoms with E-state index in [0.717, 1.165) is 10.9 Å². The van der Waals surface area contributed by atoms with Gasteiger partial charge in [-0.2, -0.15) is 0 Å². The Bertz CT molecular complexity index is 921. The molecule has 0 fully saturated rings. The van der Waals surface area contributed by atoms with Crippen molar-refractivity contribution in [3.63, 3.8) is 0 Å². The molecule has 0 bridgehead atoms. The molecule has 1 aliphatic heterocycles. The standard InChI is InChI=1S/C17H11NO3/c1-21-11-6-7-12-13(9-11)16(19)15-8-10-4-2-3-5-14(10)18(15)17(12)20/h2-9H,1H3. The molecule has 2 aromatic carbocycles. The first kappa shape index (κ1) is 11.9. The van der Waals surface area contributed by atoms with E-state index in [0.29, 0.717) is 22.6 Å². The van der Waals surface area contributed by atoms with Gasteiger partial charge in [0.1, 0.15) is 5.75 Å². The number of hydrogen-bond donors (Lipinski definition) is 0. The van der Waals surface area contributed by atoms with Crippen LogP contribution >= 0.6 is 0 Å². The largest absolute Gasteiger partial charge is 0.497 e. The van der Waals surface area contributed by atoms with Gasteiger partial charge in [0.15, 0.2) is 0 Å². The molecule has 1 aromatic heterocycles. The second-order valence-electron chi connectivity index (χ2n) is 4.97. The predicted octanol–water partition coefficient (Wildman–Crippen LogP) is 2.88. The van der Waals surface area contributed by atoms with Gasteiger partial charge in [0, 0.05) is 10.9 Å². The first-order valence-corrected chi connectivity index (χ1v) is 6.58. The average Bonchev–Trinajstić information content (AvgIpc) is 2.92. The first-order chi connectivity index (χ1) is 10.2. The number of ether oxygens (including phenoxy) is 1. The number of para-hydroxylation sites is 1. The molecular formula is C17H11NO3. The normalized spacial score (nSPS) is 13.2. The second kappa shape index (κ2) is 4.06. The number of rotatable bonds is 1. The van der Waals surface area contributed by atoms with Gasteiger partial charge >= 0.3 is 0 Å². The van der Waals surface area contributed by atoms with E-state index in [1.165, 1.54) is 11.7 Å². The molecule has 3 aromatic rings. The van der Waals surface area contributed by atoms with E-state index in [9.17, 15) is 9.59 Å². The van der Waals surface area contributed by atoms with Gasteiger partial charge in [-0.1, -0.05) is 18.2 Å². The summed E-state index contributed by atoms with van der Waals surface area (Å²) in [6.45, 7) is 0. The van der Waals surface area contributed by atoms with Crippen molar-refractivity contribution < 1.29 is 14.3 Å². The summed E-state index contributed by atoms with van der Waals surface area (Å²) in [5.41, 5.74) is 1.97. The van der Waals surface area contributed by atoms with Gasteiger partial charge in [0.2, 0.25) is 5.78 Å². The summed E-state index contributed by atoms with van der Waals surface area (Å²) in [6.07, 6.45) is 0. The monoisotopic (exact) mass is 277 g/mol. The van der Waals surface area contributed by atoms with E-state index in [1.807, 2.05) is 24.3 Å². The minimum atomic E-state index is -0.177. The fraction of sp³-hybridized carbons (Fsp3) is 0.0588. The van der Waals surface area contributed by atoms with Crippen LogP contribution in [0.5, 0.6) is 5.75 Å². The van der Waals surface area contributed by atoms with E-state index < -0.39 is 0 Å². The molecule has 0 atom stereocenters. The molecular weight excluding hydrogens is 266 g/mol. The van der Waals surface area contributed by atoms with Crippen LogP contribution in [-0.2, 0) is 0 Å². The summed E-state index contributed by atoms with van der Waals surface area (Å²) in [7, 11) is 1.54. The maximum atomic E-state index is 12.7. The van der Waals surface area contributed by atoms with Gasteiger partial charge in [-0.3, -0.25) is 14.2 Å². The highest BCUT2D eigenvalue weighted by molar-refractivity contribution is 6.23. The second-order valence-corrected chi connectivity index (χ2v) is 4.97. The number of carbonyl (C=O) groups excluding carboxylic acids is 2. The van der Waals surface area contributed by atoms with Crippen molar-refractivity contribution in [1.82, 2.24) is 4.57 Å². The van der Waals surface area contributed by atoms with Crippen molar-refractivity contribution in [2.24, 2.45) is 0 Å². The number of aromatic nitrogens is 1. The molecule has 0 spiro atoms. The van der Waals surface area contributed by atoms with E-state index in [1.54, 1.807) is 24.3 Å². The number of carbonyl (C=O) groups is 2. The Balaban J connectivity index is 2.05. The maximum Gasteiger partial charge on any atom is 0.263 e. The zero-order valence-electron chi connectivity index (χ0n) is 11.3. The van der Waals surface area contributed by atoms with Crippen LogP contribution in [-0.4, -0.2) is 23.4 Å². The van der Waals surface area contributed by atoms with E-state index in [2.05, 4.69) is 0 Å². The minimum absolute atomic E-state index is 0.153. The number of benzene rings is 2. The number of fused-ring (bicyclic) bond motifs is 4. The molecule has 0 aliphatic carbocycles. The smallest absolute Gasteiger partial charge is 0.263 e. The number of ketones is 1. The van der Waals surface area contributed by atoms with Gasteiger partial charge in [-0.25, -0.2) is 0 Å². The minimum Gasteiger partial charge on any atom is -0.497 e. The Morgan fingerprint density at radius 2 is 1.76 bits per heavy atom. The first-order valence-electron chi connectivity index (χ1n) is 6.58. The Kier molecular flexibility index (Phi) is 2.30. The number of hydrogen-bond acceptors (Lipinski definition) is 3. The third-order valence-corrected chi connectivity index (χ3v) is 3.85. The highest BCUT2D eigenvalue weighted by Crippen LogP contribution is 2.30. The van der Waals surface area contributed by atoms with Crippen LogP contribution in [0.2, 0.25) is 0 Å². The SMILES string of the molecule is COc1ccc2c(c1)C(=O)c1cc3ccccc3n1C2=O. The Morgan fingerprint density at radius 1 is 0.952 bits per heavy atom. The van der Waals surface area contributed by atoms with Crippen molar-refractivity contribution in [3.8, 4) is 5.75 Å². The lowest BCUT2D eigenvalue weighted by atomic mass is 9.97. The lowest BCUT2D eigenvalue weighted by molar-refractivity contribution is 0.0915. The molecule has 4 nitrogen and oxygen atoms in total. The molecule has 0 N–H and O–H groups in total. The summed E-state index contributed by atoms with van der Waals surface area (Å²) < 4.78 is 6.63. The Labute approximate surface area is 120 Å². The molecule has 4 rings (SSSR count). The topological polar surface area (TPSA) is 48.3 Å². The predicted molar refractivity (Wildman–Crippen MR) is 78.1 cm³/mol. The maximum absolute atomic E-state index is 12.7. The van der Waals surface area contributed by atoms with Crippen molar-refractivity contribution in [3.05, 3.63) is 65.4 Å². The molecule has 0 amide bonds. The highest BCUT2D eigenvalue weighted by atomic mass is 16.5. The molecule has 2 heterocycles. The van der Waals surface area contributed by atoms with Crippen molar-refractivity contribution in [1.29, 1.82) is 0 Å². The zero-order chi connectivity index (χ0) is 14.6.